The lowest BCUT2D eigenvalue weighted by molar-refractivity contribution is -0.201. The molecule has 0 bridgehead atoms. The molecule has 0 aromatic carbocycles. The van der Waals surface area contributed by atoms with Gasteiger partial charge in [0.2, 0.25) is 5.91 Å². The Morgan fingerprint density at radius 1 is 1.36 bits per heavy atom. The van der Waals surface area contributed by atoms with Crippen molar-refractivity contribution in [1.82, 2.24) is 19.5 Å². The van der Waals surface area contributed by atoms with E-state index in [0.29, 0.717) is 26.2 Å². The Hall–Kier alpha value is -1.89. The highest BCUT2D eigenvalue weighted by Gasteiger charge is 2.36. The number of amides is 2. The van der Waals surface area contributed by atoms with E-state index in [1.54, 1.807) is 17.4 Å². The Labute approximate surface area is 129 Å². The third-order valence-corrected chi connectivity index (χ3v) is 4.17. The summed E-state index contributed by atoms with van der Waals surface area (Å²) in [6.07, 6.45) is 5.31. The Morgan fingerprint density at radius 2 is 2.18 bits per heavy atom. The van der Waals surface area contributed by atoms with Crippen LogP contribution < -0.4 is 0 Å². The quantitative estimate of drug-likeness (QED) is 0.817. The summed E-state index contributed by atoms with van der Waals surface area (Å²) in [7, 11) is 0. The fraction of sp³-hybridized carbons (Fsp3) is 0.667. The summed E-state index contributed by atoms with van der Waals surface area (Å²) in [5.41, 5.74) is 0.885. The first-order chi connectivity index (χ1) is 10.6. The SMILES string of the molecule is CC(C)C(=O)N1Cc2cncn2C(C(=O)N2CCCCO2)C1. The Bertz CT molecular complexity index is 563. The molecule has 2 aliphatic rings. The van der Waals surface area contributed by atoms with Crippen LogP contribution in [0.2, 0.25) is 0 Å². The molecule has 0 N–H and O–H groups in total. The second-order valence-electron chi connectivity index (χ2n) is 6.16. The van der Waals surface area contributed by atoms with Crippen LogP contribution in [0.1, 0.15) is 38.4 Å². The van der Waals surface area contributed by atoms with Crippen molar-refractivity contribution in [2.45, 2.75) is 39.3 Å². The number of rotatable bonds is 2. The van der Waals surface area contributed by atoms with Gasteiger partial charge in [-0.05, 0) is 12.8 Å². The standard InChI is InChI=1S/C15H22N4O3/c1-11(2)14(20)17-8-12-7-16-10-18(12)13(9-17)15(21)19-5-3-4-6-22-19/h7,10-11,13H,3-6,8-9H2,1-2H3. The van der Waals surface area contributed by atoms with E-state index in [1.165, 1.54) is 5.06 Å². The van der Waals surface area contributed by atoms with E-state index in [0.717, 1.165) is 18.5 Å². The number of hydroxylamine groups is 2. The molecule has 1 fully saturated rings. The lowest BCUT2D eigenvalue weighted by Gasteiger charge is -2.37. The summed E-state index contributed by atoms with van der Waals surface area (Å²) < 4.78 is 1.87. The van der Waals surface area contributed by atoms with Gasteiger partial charge in [0.25, 0.3) is 5.91 Å². The summed E-state index contributed by atoms with van der Waals surface area (Å²) in [6.45, 7) is 5.81. The maximum absolute atomic E-state index is 12.8. The molecule has 22 heavy (non-hydrogen) atoms. The summed E-state index contributed by atoms with van der Waals surface area (Å²) in [6, 6.07) is -0.452. The highest BCUT2D eigenvalue weighted by molar-refractivity contribution is 5.83. The van der Waals surface area contributed by atoms with Gasteiger partial charge >= 0.3 is 0 Å². The van der Waals surface area contributed by atoms with Crippen LogP contribution in [-0.4, -0.2) is 51.0 Å². The normalized spacial score (nSPS) is 21.9. The van der Waals surface area contributed by atoms with Crippen LogP contribution in [0.15, 0.2) is 12.5 Å². The minimum Gasteiger partial charge on any atom is -0.334 e. The Morgan fingerprint density at radius 3 is 2.86 bits per heavy atom. The van der Waals surface area contributed by atoms with Crippen LogP contribution in [0.5, 0.6) is 0 Å². The molecule has 1 unspecified atom stereocenters. The number of fused-ring (bicyclic) bond motifs is 1. The molecule has 1 saturated heterocycles. The van der Waals surface area contributed by atoms with Gasteiger partial charge in [0.1, 0.15) is 6.04 Å². The summed E-state index contributed by atoms with van der Waals surface area (Å²) in [5.74, 6) is -0.124. The highest BCUT2D eigenvalue weighted by Crippen LogP contribution is 2.25. The second kappa shape index (κ2) is 6.08. The van der Waals surface area contributed by atoms with Gasteiger partial charge in [0.05, 0.1) is 31.7 Å². The molecule has 3 rings (SSSR count). The van der Waals surface area contributed by atoms with Crippen LogP contribution >= 0.6 is 0 Å². The molecule has 1 atom stereocenters. The van der Waals surface area contributed by atoms with Crippen molar-refractivity contribution in [2.75, 3.05) is 19.7 Å². The topological polar surface area (TPSA) is 67.7 Å². The molecular formula is C15H22N4O3. The largest absolute Gasteiger partial charge is 0.334 e. The molecule has 120 valence electrons. The molecule has 0 radical (unpaired) electrons. The number of nitrogens with zero attached hydrogens (tertiary/aromatic N) is 4. The van der Waals surface area contributed by atoms with E-state index in [1.807, 2.05) is 18.4 Å². The minimum atomic E-state index is -0.452. The molecule has 1 aromatic rings. The molecule has 7 heteroatoms. The van der Waals surface area contributed by atoms with E-state index >= 15 is 0 Å². The molecule has 0 aliphatic carbocycles. The van der Waals surface area contributed by atoms with E-state index < -0.39 is 6.04 Å². The maximum atomic E-state index is 12.8. The predicted octanol–water partition coefficient (Wildman–Crippen LogP) is 0.976. The monoisotopic (exact) mass is 306 g/mol. The molecule has 7 nitrogen and oxygen atoms in total. The maximum Gasteiger partial charge on any atom is 0.271 e. The first-order valence-corrected chi connectivity index (χ1v) is 7.81. The molecule has 2 aliphatic heterocycles. The summed E-state index contributed by atoms with van der Waals surface area (Å²) >= 11 is 0. The summed E-state index contributed by atoms with van der Waals surface area (Å²) in [4.78, 5) is 36.4. The zero-order valence-corrected chi connectivity index (χ0v) is 13.1. The molecular weight excluding hydrogens is 284 g/mol. The molecule has 3 heterocycles. The first-order valence-electron chi connectivity index (χ1n) is 7.81. The number of aromatic nitrogens is 2. The van der Waals surface area contributed by atoms with E-state index in [9.17, 15) is 9.59 Å². The average molecular weight is 306 g/mol. The zero-order chi connectivity index (χ0) is 15.7. The van der Waals surface area contributed by atoms with Crippen molar-refractivity contribution in [2.24, 2.45) is 5.92 Å². The van der Waals surface area contributed by atoms with Gasteiger partial charge in [0, 0.05) is 18.7 Å². The van der Waals surface area contributed by atoms with Crippen molar-refractivity contribution in [3.8, 4) is 0 Å². The summed E-state index contributed by atoms with van der Waals surface area (Å²) in [5, 5.41) is 1.45. The third-order valence-electron chi connectivity index (χ3n) is 4.17. The third kappa shape index (κ3) is 2.72. The predicted molar refractivity (Wildman–Crippen MR) is 78.4 cm³/mol. The van der Waals surface area contributed by atoms with Gasteiger partial charge in [-0.25, -0.2) is 10.0 Å². The minimum absolute atomic E-state index is 0.0600. The molecule has 2 amide bonds. The molecule has 0 saturated carbocycles. The van der Waals surface area contributed by atoms with Crippen LogP contribution in [0, 0.1) is 5.92 Å². The lowest BCUT2D eigenvalue weighted by Crippen LogP contribution is -2.49. The number of carbonyl (C=O) groups excluding carboxylic acids is 2. The zero-order valence-electron chi connectivity index (χ0n) is 13.1. The Kier molecular flexibility index (Phi) is 4.15. The number of imidazole rings is 1. The van der Waals surface area contributed by atoms with E-state index in [-0.39, 0.29) is 17.7 Å². The fourth-order valence-electron chi connectivity index (χ4n) is 2.96. The second-order valence-corrected chi connectivity index (χ2v) is 6.16. The van der Waals surface area contributed by atoms with Gasteiger partial charge < -0.3 is 9.47 Å². The van der Waals surface area contributed by atoms with E-state index in [4.69, 9.17) is 4.84 Å². The van der Waals surface area contributed by atoms with Gasteiger partial charge in [-0.1, -0.05) is 13.8 Å². The van der Waals surface area contributed by atoms with Crippen molar-refractivity contribution >= 4 is 11.8 Å². The first kappa shape index (κ1) is 15.0. The van der Waals surface area contributed by atoms with Gasteiger partial charge in [-0.2, -0.15) is 0 Å². The number of carbonyl (C=O) groups is 2. The lowest BCUT2D eigenvalue weighted by atomic mass is 10.1. The van der Waals surface area contributed by atoms with Crippen LogP contribution in [0.25, 0.3) is 0 Å². The van der Waals surface area contributed by atoms with Gasteiger partial charge in [-0.3, -0.25) is 14.4 Å². The van der Waals surface area contributed by atoms with Crippen LogP contribution in [-0.2, 0) is 21.0 Å². The molecule has 0 spiro atoms. The Balaban J connectivity index is 1.83. The van der Waals surface area contributed by atoms with Crippen molar-refractivity contribution in [3.63, 3.8) is 0 Å². The van der Waals surface area contributed by atoms with Crippen molar-refractivity contribution < 1.29 is 14.4 Å². The number of hydrogen-bond donors (Lipinski definition) is 0. The van der Waals surface area contributed by atoms with Gasteiger partial charge in [0.15, 0.2) is 0 Å². The molecule has 1 aromatic heterocycles. The average Bonchev–Trinajstić information content (AvgIpc) is 3.01. The van der Waals surface area contributed by atoms with Crippen LogP contribution in [0.3, 0.4) is 0 Å². The van der Waals surface area contributed by atoms with Crippen LogP contribution in [0.4, 0.5) is 0 Å². The number of hydrogen-bond acceptors (Lipinski definition) is 4. The highest BCUT2D eigenvalue weighted by atomic mass is 16.7. The van der Waals surface area contributed by atoms with Crippen molar-refractivity contribution in [1.29, 1.82) is 0 Å². The van der Waals surface area contributed by atoms with Gasteiger partial charge in [-0.15, -0.1) is 0 Å². The smallest absolute Gasteiger partial charge is 0.271 e. The van der Waals surface area contributed by atoms with E-state index in [2.05, 4.69) is 4.98 Å². The fourth-order valence-corrected chi connectivity index (χ4v) is 2.96. The van der Waals surface area contributed by atoms with Crippen molar-refractivity contribution in [3.05, 3.63) is 18.2 Å².